The van der Waals surface area contributed by atoms with Crippen molar-refractivity contribution in [2.45, 2.75) is 12.0 Å². The van der Waals surface area contributed by atoms with Crippen molar-refractivity contribution in [2.75, 3.05) is 30.5 Å². The van der Waals surface area contributed by atoms with Crippen LogP contribution in [-0.2, 0) is 16.8 Å². The highest BCUT2D eigenvalue weighted by atomic mass is 16.5. The predicted molar refractivity (Wildman–Crippen MR) is 118 cm³/mol. The number of amidine groups is 1. The largest absolute Gasteiger partial charge is 0.496 e. The van der Waals surface area contributed by atoms with Crippen molar-refractivity contribution in [3.05, 3.63) is 89.0 Å². The number of benzene rings is 3. The monoisotopic (exact) mass is 395 g/mol. The van der Waals surface area contributed by atoms with Crippen LogP contribution < -0.4 is 14.5 Å². The van der Waals surface area contributed by atoms with Gasteiger partial charge in [-0.25, -0.2) is 4.99 Å². The van der Waals surface area contributed by atoms with Gasteiger partial charge in [-0.15, -0.1) is 0 Å². The molecule has 1 amide bonds. The van der Waals surface area contributed by atoms with Gasteiger partial charge >= 0.3 is 0 Å². The molecule has 0 aliphatic carbocycles. The number of hydrogen-bond acceptors (Lipinski definition) is 4. The van der Waals surface area contributed by atoms with Gasteiger partial charge in [0.05, 0.1) is 18.4 Å². The maximum Gasteiger partial charge on any atom is 0.264 e. The van der Waals surface area contributed by atoms with Crippen LogP contribution in [0.4, 0.5) is 11.4 Å². The number of nitrogens with zero attached hydrogens (tertiary/aromatic N) is 3. The standard InChI is InChI=1S/C25H21N3O2/c1-27-19-11-7-6-10-18(19)25(24(27)29)21-20(30-2)13-12-16-14-15-28(22(16)21)23(26-25)17-8-4-3-5-9-17/h3-13H,14-15H2,1-2H3. The number of aliphatic imine (C=N–C) groups is 1. The van der Waals surface area contributed by atoms with Gasteiger partial charge in [0.15, 0.2) is 5.54 Å². The Labute approximate surface area is 175 Å². The van der Waals surface area contributed by atoms with Gasteiger partial charge in [-0.05, 0) is 24.1 Å². The summed E-state index contributed by atoms with van der Waals surface area (Å²) in [6, 6.07) is 22.2. The van der Waals surface area contributed by atoms with E-state index in [9.17, 15) is 4.79 Å². The van der Waals surface area contributed by atoms with Gasteiger partial charge in [0, 0.05) is 30.4 Å². The number of anilines is 2. The molecule has 3 aromatic rings. The van der Waals surface area contributed by atoms with Gasteiger partial charge in [-0.1, -0.05) is 54.6 Å². The molecule has 30 heavy (non-hydrogen) atoms. The molecule has 0 N–H and O–H groups in total. The van der Waals surface area contributed by atoms with Crippen LogP contribution in [0.25, 0.3) is 0 Å². The van der Waals surface area contributed by atoms with Crippen LogP contribution >= 0.6 is 0 Å². The average Bonchev–Trinajstić information content (AvgIpc) is 3.32. The van der Waals surface area contributed by atoms with Gasteiger partial charge < -0.3 is 14.5 Å². The summed E-state index contributed by atoms with van der Waals surface area (Å²) in [4.78, 5) is 23.2. The zero-order valence-corrected chi connectivity index (χ0v) is 16.9. The second-order valence-corrected chi connectivity index (χ2v) is 7.95. The van der Waals surface area contributed by atoms with Crippen LogP contribution in [0.15, 0.2) is 71.7 Å². The van der Waals surface area contributed by atoms with E-state index in [0.29, 0.717) is 5.75 Å². The fourth-order valence-corrected chi connectivity index (χ4v) is 5.17. The third kappa shape index (κ3) is 1.97. The first-order valence-electron chi connectivity index (χ1n) is 10.2. The van der Waals surface area contributed by atoms with Gasteiger partial charge in [0.1, 0.15) is 11.6 Å². The van der Waals surface area contributed by atoms with E-state index >= 15 is 0 Å². The van der Waals surface area contributed by atoms with Crippen molar-refractivity contribution >= 4 is 23.1 Å². The van der Waals surface area contributed by atoms with Crippen molar-refractivity contribution in [3.63, 3.8) is 0 Å². The first kappa shape index (κ1) is 17.3. The number of hydrogen-bond donors (Lipinski definition) is 0. The number of rotatable bonds is 2. The zero-order valence-electron chi connectivity index (χ0n) is 16.9. The lowest BCUT2D eigenvalue weighted by Gasteiger charge is -2.38. The van der Waals surface area contributed by atoms with Gasteiger partial charge in [0.25, 0.3) is 5.91 Å². The molecule has 1 unspecified atom stereocenters. The molecule has 0 saturated heterocycles. The highest BCUT2D eigenvalue weighted by Gasteiger charge is 2.57. The highest BCUT2D eigenvalue weighted by molar-refractivity contribution is 6.20. The Kier molecular flexibility index (Phi) is 3.43. The topological polar surface area (TPSA) is 45.1 Å². The summed E-state index contributed by atoms with van der Waals surface area (Å²) < 4.78 is 5.80. The lowest BCUT2D eigenvalue weighted by atomic mass is 9.80. The van der Waals surface area contributed by atoms with E-state index < -0.39 is 5.54 Å². The second kappa shape index (κ2) is 5.95. The van der Waals surface area contributed by atoms with Crippen molar-refractivity contribution in [1.29, 1.82) is 0 Å². The third-order valence-corrected chi connectivity index (χ3v) is 6.51. The van der Waals surface area contributed by atoms with Crippen molar-refractivity contribution in [1.82, 2.24) is 0 Å². The molecule has 3 aliphatic rings. The fourth-order valence-electron chi connectivity index (χ4n) is 5.17. The van der Waals surface area contributed by atoms with E-state index in [1.165, 1.54) is 5.56 Å². The molecule has 3 aromatic carbocycles. The lowest BCUT2D eigenvalue weighted by molar-refractivity contribution is -0.121. The van der Waals surface area contributed by atoms with Crippen LogP contribution in [0.3, 0.4) is 0 Å². The summed E-state index contributed by atoms with van der Waals surface area (Å²) in [6.07, 6.45) is 0.917. The number of carbonyl (C=O) groups is 1. The van der Waals surface area contributed by atoms with E-state index in [4.69, 9.17) is 9.73 Å². The lowest BCUT2D eigenvalue weighted by Crippen LogP contribution is -2.46. The molecule has 1 atom stereocenters. The number of likely N-dealkylation sites (N-methyl/N-ethyl adjacent to an activating group) is 1. The summed E-state index contributed by atoms with van der Waals surface area (Å²) in [7, 11) is 3.49. The normalized spacial score (nSPS) is 21.0. The van der Waals surface area contributed by atoms with E-state index in [-0.39, 0.29) is 5.91 Å². The quantitative estimate of drug-likeness (QED) is 0.664. The van der Waals surface area contributed by atoms with Crippen molar-refractivity contribution in [3.8, 4) is 5.75 Å². The molecule has 0 saturated carbocycles. The molecule has 0 aromatic heterocycles. The number of ether oxygens (including phenoxy) is 1. The van der Waals surface area contributed by atoms with Crippen LogP contribution in [-0.4, -0.2) is 32.4 Å². The van der Waals surface area contributed by atoms with E-state index in [1.807, 2.05) is 55.6 Å². The molecule has 5 heteroatoms. The second-order valence-electron chi connectivity index (χ2n) is 7.95. The summed E-state index contributed by atoms with van der Waals surface area (Å²) in [5.41, 5.74) is 4.83. The summed E-state index contributed by atoms with van der Waals surface area (Å²) in [5.74, 6) is 1.50. The summed E-state index contributed by atoms with van der Waals surface area (Å²) in [6.45, 7) is 0.838. The van der Waals surface area contributed by atoms with Crippen molar-refractivity contribution in [2.24, 2.45) is 4.99 Å². The Balaban J connectivity index is 1.76. The minimum atomic E-state index is -1.14. The van der Waals surface area contributed by atoms with Crippen LogP contribution in [0.1, 0.15) is 22.3 Å². The first-order chi connectivity index (χ1) is 14.7. The van der Waals surface area contributed by atoms with Crippen LogP contribution in [0.5, 0.6) is 5.75 Å². The molecular weight excluding hydrogens is 374 g/mol. The summed E-state index contributed by atoms with van der Waals surface area (Å²) >= 11 is 0. The van der Waals surface area contributed by atoms with Crippen molar-refractivity contribution < 1.29 is 9.53 Å². The van der Waals surface area contributed by atoms with E-state index in [2.05, 4.69) is 23.1 Å². The number of amides is 1. The molecule has 0 bridgehead atoms. The van der Waals surface area contributed by atoms with Gasteiger partial charge in [0.2, 0.25) is 0 Å². The molecule has 148 valence electrons. The smallest absolute Gasteiger partial charge is 0.264 e. The molecule has 6 rings (SSSR count). The zero-order chi connectivity index (χ0) is 20.5. The Morgan fingerprint density at radius 3 is 2.57 bits per heavy atom. The van der Waals surface area contributed by atoms with Gasteiger partial charge in [-0.2, -0.15) is 0 Å². The maximum absolute atomic E-state index is 13.9. The molecule has 3 aliphatic heterocycles. The number of para-hydroxylation sites is 1. The Hall–Kier alpha value is -3.60. The SMILES string of the molecule is COc1ccc2c3c1C1(N=C(c4ccccc4)N3CC2)C(=O)N(C)c2ccccc21. The first-order valence-corrected chi connectivity index (χ1v) is 10.2. The van der Waals surface area contributed by atoms with E-state index in [0.717, 1.165) is 46.9 Å². The van der Waals surface area contributed by atoms with Crippen LogP contribution in [0.2, 0.25) is 0 Å². The molecule has 0 radical (unpaired) electrons. The van der Waals surface area contributed by atoms with Gasteiger partial charge in [-0.3, -0.25) is 4.79 Å². The Bertz CT molecular complexity index is 1230. The van der Waals surface area contributed by atoms with E-state index in [1.54, 1.807) is 12.0 Å². The minimum Gasteiger partial charge on any atom is -0.496 e. The molecular formula is C25H21N3O2. The number of methoxy groups -OCH3 is 1. The summed E-state index contributed by atoms with van der Waals surface area (Å²) in [5, 5.41) is 0. The number of fused-ring (bicyclic) bond motifs is 3. The highest BCUT2D eigenvalue weighted by Crippen LogP contribution is 2.56. The van der Waals surface area contributed by atoms with Crippen LogP contribution in [0, 0.1) is 0 Å². The maximum atomic E-state index is 13.9. The average molecular weight is 395 g/mol. The molecule has 5 nitrogen and oxygen atoms in total. The molecule has 1 spiro atoms. The third-order valence-electron chi connectivity index (χ3n) is 6.51. The molecule has 0 fully saturated rings. The molecule has 3 heterocycles. The predicted octanol–water partition coefficient (Wildman–Crippen LogP) is 3.74. The number of carbonyl (C=O) groups excluding carboxylic acids is 1. The Morgan fingerprint density at radius 1 is 1.00 bits per heavy atom. The Morgan fingerprint density at radius 2 is 1.77 bits per heavy atom. The fraction of sp³-hybridized carbons (Fsp3) is 0.200. The minimum absolute atomic E-state index is 0.0459.